The van der Waals surface area contributed by atoms with Crippen molar-refractivity contribution < 1.29 is 8.78 Å². The highest BCUT2D eigenvalue weighted by Crippen LogP contribution is 2.38. The van der Waals surface area contributed by atoms with Crippen molar-refractivity contribution in [3.8, 4) is 0 Å². The lowest BCUT2D eigenvalue weighted by Crippen LogP contribution is -2.13. The fraction of sp³-hybridized carbons (Fsp3) is 0.500. The minimum atomic E-state index is -0.704. The Morgan fingerprint density at radius 1 is 1.14 bits per heavy atom. The highest BCUT2D eigenvalue weighted by Gasteiger charge is 2.25. The molecule has 0 nitrogen and oxygen atoms in total. The second-order valence-corrected chi connectivity index (χ2v) is 6.34. The summed E-state index contributed by atoms with van der Waals surface area (Å²) in [5.74, 6) is -0.483. The van der Waals surface area contributed by atoms with Crippen LogP contribution in [0.25, 0.3) is 5.57 Å². The lowest BCUT2D eigenvalue weighted by molar-refractivity contribution is 0.339. The van der Waals surface area contributed by atoms with Crippen LogP contribution in [0, 0.1) is 17.6 Å². The van der Waals surface area contributed by atoms with Gasteiger partial charge in [-0.05, 0) is 49.2 Å². The van der Waals surface area contributed by atoms with Crippen molar-refractivity contribution in [2.24, 2.45) is 5.92 Å². The number of allylic oxidation sites excluding steroid dienone is 4. The molecule has 22 heavy (non-hydrogen) atoms. The van der Waals surface area contributed by atoms with E-state index in [-0.39, 0.29) is 5.92 Å². The Labute approximate surface area is 132 Å². The molecule has 1 aromatic rings. The number of hydrogen-bond donors (Lipinski definition) is 0. The molecule has 2 heteroatoms. The number of hydrogen-bond acceptors (Lipinski definition) is 0. The van der Waals surface area contributed by atoms with Gasteiger partial charge >= 0.3 is 0 Å². The van der Waals surface area contributed by atoms with Crippen molar-refractivity contribution in [2.45, 2.75) is 58.8 Å². The monoisotopic (exact) mass is 304 g/mol. The van der Waals surface area contributed by atoms with E-state index in [2.05, 4.69) is 6.92 Å². The summed E-state index contributed by atoms with van der Waals surface area (Å²) in [6, 6.07) is 3.53. The molecule has 1 aliphatic carbocycles. The first-order valence-corrected chi connectivity index (χ1v) is 8.39. The number of rotatable bonds is 4. The topological polar surface area (TPSA) is 0 Å². The molecule has 120 valence electrons. The molecule has 0 bridgehead atoms. The molecule has 0 amide bonds. The van der Waals surface area contributed by atoms with Gasteiger partial charge in [0.2, 0.25) is 0 Å². The van der Waals surface area contributed by atoms with Crippen molar-refractivity contribution in [1.82, 2.24) is 0 Å². The van der Waals surface area contributed by atoms with Crippen LogP contribution in [0.3, 0.4) is 0 Å². The predicted molar refractivity (Wildman–Crippen MR) is 89.8 cm³/mol. The first-order chi connectivity index (χ1) is 10.6. The van der Waals surface area contributed by atoms with Crippen LogP contribution in [0.2, 0.25) is 0 Å². The molecule has 0 N–H and O–H groups in total. The molecular weight excluding hydrogens is 278 g/mol. The SMILES string of the molecule is CC=C(C=CCC)c1ccc(C2CCC(C)CC2)c(F)c1F. The minimum absolute atomic E-state index is 0.167. The third-order valence-corrected chi connectivity index (χ3v) is 4.72. The van der Waals surface area contributed by atoms with E-state index in [9.17, 15) is 8.78 Å². The number of halogens is 2. The summed E-state index contributed by atoms with van der Waals surface area (Å²) in [5.41, 5.74) is 1.66. The molecule has 2 rings (SSSR count). The second kappa shape index (κ2) is 7.71. The zero-order valence-electron chi connectivity index (χ0n) is 13.8. The van der Waals surface area contributed by atoms with E-state index < -0.39 is 11.6 Å². The molecule has 0 heterocycles. The second-order valence-electron chi connectivity index (χ2n) is 6.34. The van der Waals surface area contributed by atoms with Crippen molar-refractivity contribution >= 4 is 5.57 Å². The maximum atomic E-state index is 14.5. The third-order valence-electron chi connectivity index (χ3n) is 4.72. The van der Waals surface area contributed by atoms with Gasteiger partial charge in [0.25, 0.3) is 0 Å². The standard InChI is InChI=1S/C20H26F2/c1-4-6-7-15(5-2)17-12-13-18(20(22)19(17)21)16-10-8-14(3)9-11-16/h5-7,12-14,16H,4,8-11H2,1-3H3. The van der Waals surface area contributed by atoms with Crippen molar-refractivity contribution in [3.63, 3.8) is 0 Å². The normalized spacial score (nSPS) is 23.2. The Kier molecular flexibility index (Phi) is 5.93. The minimum Gasteiger partial charge on any atom is -0.203 e. The van der Waals surface area contributed by atoms with Gasteiger partial charge in [-0.3, -0.25) is 0 Å². The first-order valence-electron chi connectivity index (χ1n) is 8.39. The van der Waals surface area contributed by atoms with Crippen molar-refractivity contribution in [1.29, 1.82) is 0 Å². The summed E-state index contributed by atoms with van der Waals surface area (Å²) in [4.78, 5) is 0. The Morgan fingerprint density at radius 2 is 1.82 bits per heavy atom. The van der Waals surface area contributed by atoms with E-state index in [1.807, 2.05) is 32.1 Å². The third kappa shape index (κ3) is 3.66. The van der Waals surface area contributed by atoms with Crippen LogP contribution in [-0.2, 0) is 0 Å². The maximum absolute atomic E-state index is 14.5. The van der Waals surface area contributed by atoms with Gasteiger partial charge in [-0.15, -0.1) is 0 Å². The van der Waals surface area contributed by atoms with Gasteiger partial charge in [-0.1, -0.05) is 57.0 Å². The molecule has 0 unspecified atom stereocenters. The summed E-state index contributed by atoms with van der Waals surface area (Å²) >= 11 is 0. The zero-order valence-corrected chi connectivity index (χ0v) is 13.8. The summed E-state index contributed by atoms with van der Waals surface area (Å²) in [5, 5.41) is 0. The van der Waals surface area contributed by atoms with Crippen molar-refractivity contribution in [2.75, 3.05) is 0 Å². The molecule has 0 atom stereocenters. The summed E-state index contributed by atoms with van der Waals surface area (Å²) in [7, 11) is 0. The molecular formula is C20H26F2. The van der Waals surface area contributed by atoms with Gasteiger partial charge in [-0.25, -0.2) is 8.78 Å². The fourth-order valence-corrected chi connectivity index (χ4v) is 3.26. The molecule has 1 saturated carbocycles. The summed E-state index contributed by atoms with van der Waals surface area (Å²) < 4.78 is 29.0. The molecule has 0 spiro atoms. The van der Waals surface area contributed by atoms with E-state index in [0.29, 0.717) is 17.0 Å². The fourth-order valence-electron chi connectivity index (χ4n) is 3.26. The molecule has 0 saturated heterocycles. The average Bonchev–Trinajstić information content (AvgIpc) is 2.53. The molecule has 0 radical (unpaired) electrons. The largest absolute Gasteiger partial charge is 0.203 e. The van der Waals surface area contributed by atoms with Gasteiger partial charge in [0.05, 0.1) is 0 Å². The molecule has 0 aliphatic heterocycles. The Hall–Kier alpha value is -1.44. The highest BCUT2D eigenvalue weighted by molar-refractivity contribution is 5.74. The Morgan fingerprint density at radius 3 is 2.41 bits per heavy atom. The Bertz CT molecular complexity index is 561. The van der Waals surface area contributed by atoms with Crippen LogP contribution >= 0.6 is 0 Å². The quantitative estimate of drug-likeness (QED) is 0.548. The maximum Gasteiger partial charge on any atom is 0.166 e. The van der Waals surface area contributed by atoms with Gasteiger partial charge in [0, 0.05) is 5.56 Å². The van der Waals surface area contributed by atoms with Crippen LogP contribution < -0.4 is 0 Å². The average molecular weight is 304 g/mol. The predicted octanol–water partition coefficient (Wildman–Crippen LogP) is 6.63. The molecule has 1 fully saturated rings. The van der Waals surface area contributed by atoms with E-state index >= 15 is 0 Å². The van der Waals surface area contributed by atoms with Crippen LogP contribution in [0.5, 0.6) is 0 Å². The molecule has 0 aromatic heterocycles. The van der Waals surface area contributed by atoms with Gasteiger partial charge in [0.1, 0.15) is 0 Å². The van der Waals surface area contributed by atoms with E-state index in [0.717, 1.165) is 37.7 Å². The highest BCUT2D eigenvalue weighted by atomic mass is 19.2. The lowest BCUT2D eigenvalue weighted by Gasteiger charge is -2.27. The van der Waals surface area contributed by atoms with Crippen LogP contribution in [0.15, 0.2) is 30.4 Å². The first kappa shape index (κ1) is 16.9. The van der Waals surface area contributed by atoms with Gasteiger partial charge < -0.3 is 0 Å². The number of benzene rings is 1. The smallest absolute Gasteiger partial charge is 0.166 e. The molecule has 1 aromatic carbocycles. The van der Waals surface area contributed by atoms with Crippen molar-refractivity contribution in [3.05, 3.63) is 53.1 Å². The van der Waals surface area contributed by atoms with Crippen LogP contribution in [0.1, 0.15) is 69.9 Å². The summed E-state index contributed by atoms with van der Waals surface area (Å²) in [6.45, 7) is 6.10. The van der Waals surface area contributed by atoms with E-state index in [1.54, 1.807) is 12.1 Å². The van der Waals surface area contributed by atoms with Gasteiger partial charge in [0.15, 0.2) is 11.6 Å². The van der Waals surface area contributed by atoms with Crippen LogP contribution in [-0.4, -0.2) is 0 Å². The van der Waals surface area contributed by atoms with Crippen LogP contribution in [0.4, 0.5) is 8.78 Å². The van der Waals surface area contributed by atoms with E-state index in [1.165, 1.54) is 0 Å². The van der Waals surface area contributed by atoms with E-state index in [4.69, 9.17) is 0 Å². The molecule has 1 aliphatic rings. The van der Waals surface area contributed by atoms with Gasteiger partial charge in [-0.2, -0.15) is 0 Å². The lowest BCUT2D eigenvalue weighted by atomic mass is 9.79. The zero-order chi connectivity index (χ0) is 16.1. The Balaban J connectivity index is 2.31. The summed E-state index contributed by atoms with van der Waals surface area (Å²) in [6.07, 6.45) is 10.7.